The first kappa shape index (κ1) is 29.8. The smallest absolute Gasteiger partial charge is 0.304 e. The summed E-state index contributed by atoms with van der Waals surface area (Å²) < 4.78 is 42.3. The van der Waals surface area contributed by atoms with Crippen molar-refractivity contribution < 1.29 is 22.4 Å². The van der Waals surface area contributed by atoms with Gasteiger partial charge in [0.25, 0.3) is 0 Å². The van der Waals surface area contributed by atoms with Gasteiger partial charge < -0.3 is 10.2 Å². The van der Waals surface area contributed by atoms with Gasteiger partial charge in [-0.05, 0) is 43.2 Å². The van der Waals surface area contributed by atoms with Crippen molar-refractivity contribution >= 4 is 50.9 Å². The predicted molar refractivity (Wildman–Crippen MR) is 141 cm³/mol. The number of amides is 2. The normalized spacial score (nSPS) is 12.3. The Morgan fingerprint density at radius 2 is 1.78 bits per heavy atom. The highest BCUT2D eigenvalue weighted by Gasteiger charge is 2.33. The van der Waals surface area contributed by atoms with E-state index in [1.165, 1.54) is 50.2 Å². The molecule has 0 saturated heterocycles. The molecule has 0 bridgehead atoms. The van der Waals surface area contributed by atoms with Crippen molar-refractivity contribution in [2.24, 2.45) is 0 Å². The van der Waals surface area contributed by atoms with Crippen LogP contribution in [0.4, 0.5) is 10.1 Å². The fourth-order valence-corrected chi connectivity index (χ4v) is 4.84. The van der Waals surface area contributed by atoms with Crippen LogP contribution in [0.3, 0.4) is 0 Å². The zero-order valence-electron chi connectivity index (χ0n) is 20.7. The molecule has 1 atom stereocenters. The van der Waals surface area contributed by atoms with E-state index in [-0.39, 0.29) is 17.3 Å². The van der Waals surface area contributed by atoms with Crippen LogP contribution < -0.4 is 9.62 Å². The van der Waals surface area contributed by atoms with Gasteiger partial charge in [-0.1, -0.05) is 54.7 Å². The summed E-state index contributed by atoms with van der Waals surface area (Å²) in [5, 5.41) is 3.46. The molecule has 12 heteroatoms. The van der Waals surface area contributed by atoms with Crippen LogP contribution in [0.2, 0.25) is 10.0 Å². The maximum atomic E-state index is 14.6. The van der Waals surface area contributed by atoms with Gasteiger partial charge in [-0.2, -0.15) is 12.7 Å². The molecule has 1 N–H and O–H groups in total. The summed E-state index contributed by atoms with van der Waals surface area (Å²) in [5.41, 5.74) is 0.222. The molecule has 0 aliphatic carbocycles. The van der Waals surface area contributed by atoms with E-state index in [1.54, 1.807) is 12.1 Å². The number of hydrogen-bond donors (Lipinski definition) is 1. The summed E-state index contributed by atoms with van der Waals surface area (Å²) in [6.45, 7) is 3.12. The highest BCUT2D eigenvalue weighted by Crippen LogP contribution is 2.26. The highest BCUT2D eigenvalue weighted by molar-refractivity contribution is 7.90. The van der Waals surface area contributed by atoms with Crippen molar-refractivity contribution in [2.45, 2.75) is 39.3 Å². The molecule has 0 spiro atoms. The van der Waals surface area contributed by atoms with Gasteiger partial charge in [-0.25, -0.2) is 8.70 Å². The third kappa shape index (κ3) is 7.55. The summed E-state index contributed by atoms with van der Waals surface area (Å²) in [7, 11) is -1.70. The average Bonchev–Trinajstić information content (AvgIpc) is 2.82. The number of rotatable bonds is 12. The van der Waals surface area contributed by atoms with E-state index in [0.717, 1.165) is 23.2 Å². The van der Waals surface area contributed by atoms with Crippen LogP contribution in [0, 0.1) is 5.82 Å². The fraction of sp³-hybridized carbons (Fsp3) is 0.417. The van der Waals surface area contributed by atoms with Crippen molar-refractivity contribution in [1.29, 1.82) is 0 Å². The molecule has 2 rings (SSSR count). The minimum Gasteiger partial charge on any atom is -0.354 e. The maximum Gasteiger partial charge on any atom is 0.304 e. The number of carbonyl (C=O) groups is 2. The van der Waals surface area contributed by atoms with E-state index in [2.05, 4.69) is 5.32 Å². The van der Waals surface area contributed by atoms with Crippen LogP contribution in [-0.4, -0.2) is 62.7 Å². The lowest BCUT2D eigenvalue weighted by atomic mass is 10.1. The number of para-hydroxylation sites is 1. The first-order chi connectivity index (χ1) is 16.9. The monoisotopic (exact) mass is 560 g/mol. The van der Waals surface area contributed by atoms with Gasteiger partial charge in [-0.3, -0.25) is 9.59 Å². The van der Waals surface area contributed by atoms with Crippen molar-refractivity contribution in [1.82, 2.24) is 14.5 Å². The van der Waals surface area contributed by atoms with Crippen LogP contribution in [-0.2, 0) is 26.3 Å². The lowest BCUT2D eigenvalue weighted by molar-refractivity contribution is -0.139. The van der Waals surface area contributed by atoms with Gasteiger partial charge in [0.1, 0.15) is 18.4 Å². The molecule has 2 aromatic rings. The van der Waals surface area contributed by atoms with E-state index >= 15 is 0 Å². The molecule has 0 aromatic heterocycles. The SMILES string of the molecule is CCCCNC(=O)[C@H](C)N(Cc1ccc(Cl)cc1Cl)C(=O)CN(c1ccccc1F)S(=O)(=O)N(C)C. The molecule has 0 saturated carbocycles. The number of halogens is 3. The Bertz CT molecular complexity index is 1180. The van der Waals surface area contributed by atoms with Crippen LogP contribution >= 0.6 is 23.2 Å². The van der Waals surface area contributed by atoms with Crippen LogP contribution in [0.5, 0.6) is 0 Å². The van der Waals surface area contributed by atoms with Crippen molar-refractivity contribution in [3.63, 3.8) is 0 Å². The summed E-state index contributed by atoms with van der Waals surface area (Å²) >= 11 is 12.3. The lowest BCUT2D eigenvalue weighted by Gasteiger charge is -2.33. The molecule has 0 radical (unpaired) electrons. The van der Waals surface area contributed by atoms with Gasteiger partial charge in [0.15, 0.2) is 0 Å². The van der Waals surface area contributed by atoms with Crippen molar-refractivity contribution in [2.75, 3.05) is 31.5 Å². The first-order valence-corrected chi connectivity index (χ1v) is 13.5. The topological polar surface area (TPSA) is 90.0 Å². The summed E-state index contributed by atoms with van der Waals surface area (Å²) in [6, 6.07) is 9.02. The van der Waals surface area contributed by atoms with E-state index in [4.69, 9.17) is 23.2 Å². The summed E-state index contributed by atoms with van der Waals surface area (Å²) in [4.78, 5) is 27.7. The van der Waals surface area contributed by atoms with Crippen molar-refractivity contribution in [3.05, 3.63) is 63.9 Å². The predicted octanol–water partition coefficient (Wildman–Crippen LogP) is 4.08. The van der Waals surface area contributed by atoms with Crippen LogP contribution in [0.1, 0.15) is 32.3 Å². The molecule has 2 amide bonds. The van der Waals surface area contributed by atoms with Gasteiger partial charge in [0.2, 0.25) is 11.8 Å². The number of anilines is 1. The average molecular weight is 562 g/mol. The Morgan fingerprint density at radius 3 is 2.36 bits per heavy atom. The molecule has 0 unspecified atom stereocenters. The second kappa shape index (κ2) is 13.2. The molecule has 36 heavy (non-hydrogen) atoms. The van der Waals surface area contributed by atoms with E-state index in [9.17, 15) is 22.4 Å². The second-order valence-corrected chi connectivity index (χ2v) is 11.2. The van der Waals surface area contributed by atoms with Gasteiger partial charge >= 0.3 is 10.2 Å². The molecule has 0 aliphatic heterocycles. The number of carbonyl (C=O) groups excluding carboxylic acids is 2. The summed E-state index contributed by atoms with van der Waals surface area (Å²) in [5.74, 6) is -1.93. The Balaban J connectivity index is 2.47. The van der Waals surface area contributed by atoms with E-state index < -0.39 is 40.4 Å². The van der Waals surface area contributed by atoms with Crippen LogP contribution in [0.15, 0.2) is 42.5 Å². The van der Waals surface area contributed by atoms with Crippen LogP contribution in [0.25, 0.3) is 0 Å². The standard InChI is InChI=1S/C24H31Cl2FN4O4S/c1-5-6-13-28-24(33)17(2)30(15-18-11-12-19(25)14-20(18)26)23(32)16-31(36(34,35)29(3)4)22-10-8-7-9-21(22)27/h7-12,14,17H,5-6,13,15-16H2,1-4H3,(H,28,33)/t17-/m0/s1. The van der Waals surface area contributed by atoms with Gasteiger partial charge in [-0.15, -0.1) is 0 Å². The number of nitrogens with zero attached hydrogens (tertiary/aromatic N) is 3. The number of hydrogen-bond acceptors (Lipinski definition) is 4. The molecule has 8 nitrogen and oxygen atoms in total. The summed E-state index contributed by atoms with van der Waals surface area (Å²) in [6.07, 6.45) is 1.63. The molecule has 0 fully saturated rings. The first-order valence-electron chi connectivity index (χ1n) is 11.4. The van der Waals surface area contributed by atoms with Gasteiger partial charge in [0, 0.05) is 37.2 Å². The minimum absolute atomic E-state index is 0.0929. The molecule has 0 heterocycles. The zero-order chi connectivity index (χ0) is 27.0. The fourth-order valence-electron chi connectivity index (χ4n) is 3.31. The maximum absolute atomic E-state index is 14.6. The lowest BCUT2D eigenvalue weighted by Crippen LogP contribution is -2.52. The molecule has 0 aliphatic rings. The quantitative estimate of drug-likeness (QED) is 0.396. The van der Waals surface area contributed by atoms with E-state index in [1.807, 2.05) is 6.92 Å². The zero-order valence-corrected chi connectivity index (χ0v) is 23.0. The molecule has 198 valence electrons. The van der Waals surface area contributed by atoms with Gasteiger partial charge in [0.05, 0.1) is 5.69 Å². The van der Waals surface area contributed by atoms with E-state index in [0.29, 0.717) is 21.4 Å². The third-order valence-electron chi connectivity index (χ3n) is 5.49. The minimum atomic E-state index is -4.26. The largest absolute Gasteiger partial charge is 0.354 e. The second-order valence-electron chi connectivity index (χ2n) is 8.33. The number of nitrogens with one attached hydrogen (secondary N) is 1. The van der Waals surface area contributed by atoms with Crippen molar-refractivity contribution in [3.8, 4) is 0 Å². The number of benzene rings is 2. The molecule has 2 aromatic carbocycles. The highest BCUT2D eigenvalue weighted by atomic mass is 35.5. The molecular formula is C24H31Cl2FN4O4S. The Morgan fingerprint density at radius 1 is 1.11 bits per heavy atom. The third-order valence-corrected chi connectivity index (χ3v) is 7.89. The Hall–Kier alpha value is -2.40. The Kier molecular flexibility index (Phi) is 11.0. The number of unbranched alkanes of at least 4 members (excludes halogenated alkanes) is 1. The molecular weight excluding hydrogens is 530 g/mol. The Labute approximate surface area is 222 Å².